The third-order valence-corrected chi connectivity index (χ3v) is 4.21. The van der Waals surface area contributed by atoms with Crippen LogP contribution in [-0.4, -0.2) is 30.5 Å². The smallest absolute Gasteiger partial charge is 0.203 e. The van der Waals surface area contributed by atoms with Crippen molar-refractivity contribution < 1.29 is 14.6 Å². The fourth-order valence-corrected chi connectivity index (χ4v) is 2.86. The minimum absolute atomic E-state index is 0. The molecule has 1 heterocycles. The van der Waals surface area contributed by atoms with Crippen LogP contribution in [0.2, 0.25) is 0 Å². The average molecular weight is 436 g/mol. The lowest BCUT2D eigenvalue weighted by atomic mass is 10.2. The Kier molecular flexibility index (Phi) is 6.99. The van der Waals surface area contributed by atoms with E-state index in [-0.39, 0.29) is 22.7 Å². The second-order valence-electron chi connectivity index (χ2n) is 5.06. The number of hydrogen-bond donors (Lipinski definition) is 2. The van der Waals surface area contributed by atoms with Crippen LogP contribution in [0.3, 0.4) is 0 Å². The van der Waals surface area contributed by atoms with E-state index in [0.717, 1.165) is 22.6 Å². The zero-order chi connectivity index (χ0) is 17.6. The number of hydrogen-bond acceptors (Lipinski definition) is 7. The summed E-state index contributed by atoms with van der Waals surface area (Å²) in [5, 5.41) is 16.2. The van der Waals surface area contributed by atoms with Gasteiger partial charge in [-0.3, -0.25) is 5.43 Å². The SMILES string of the molecule is Br.COc1ccc(OC)c(/C=N/Nc2nc(-c3ccc(O)cc3)cs2)c1. The number of halogens is 1. The summed E-state index contributed by atoms with van der Waals surface area (Å²) < 4.78 is 10.5. The quantitative estimate of drug-likeness (QED) is 0.438. The lowest BCUT2D eigenvalue weighted by Crippen LogP contribution is -1.95. The number of aromatic hydroxyl groups is 1. The van der Waals surface area contributed by atoms with E-state index in [0.29, 0.717) is 10.9 Å². The molecule has 6 nitrogen and oxygen atoms in total. The van der Waals surface area contributed by atoms with Crippen LogP contribution in [0.25, 0.3) is 11.3 Å². The van der Waals surface area contributed by atoms with E-state index in [1.165, 1.54) is 11.3 Å². The summed E-state index contributed by atoms with van der Waals surface area (Å²) >= 11 is 1.45. The monoisotopic (exact) mass is 435 g/mol. The van der Waals surface area contributed by atoms with Gasteiger partial charge in [0.05, 0.1) is 26.1 Å². The minimum atomic E-state index is 0. The molecule has 0 unspecified atom stereocenters. The van der Waals surface area contributed by atoms with E-state index < -0.39 is 0 Å². The van der Waals surface area contributed by atoms with Gasteiger partial charge < -0.3 is 14.6 Å². The number of hydrazone groups is 1. The molecule has 1 aromatic heterocycles. The highest BCUT2D eigenvalue weighted by molar-refractivity contribution is 8.93. The zero-order valence-corrected chi connectivity index (χ0v) is 16.7. The van der Waals surface area contributed by atoms with Gasteiger partial charge in [-0.05, 0) is 42.5 Å². The molecular formula is C18H18BrN3O3S. The average Bonchev–Trinajstić information content (AvgIpc) is 3.11. The Balaban J connectivity index is 0.00000243. The highest BCUT2D eigenvalue weighted by Gasteiger charge is 2.05. The molecule has 0 saturated carbocycles. The first kappa shape index (κ1) is 19.7. The van der Waals surface area contributed by atoms with Crippen molar-refractivity contribution in [1.82, 2.24) is 4.98 Å². The van der Waals surface area contributed by atoms with E-state index in [9.17, 15) is 5.11 Å². The van der Waals surface area contributed by atoms with Crippen molar-refractivity contribution in [3.8, 4) is 28.5 Å². The second kappa shape index (κ2) is 9.21. The number of phenolic OH excluding ortho intramolecular Hbond substituents is 1. The summed E-state index contributed by atoms with van der Waals surface area (Å²) in [6.45, 7) is 0. The van der Waals surface area contributed by atoms with E-state index in [1.54, 1.807) is 32.6 Å². The first-order valence-corrected chi connectivity index (χ1v) is 8.33. The highest BCUT2D eigenvalue weighted by Crippen LogP contribution is 2.26. The third-order valence-electron chi connectivity index (χ3n) is 3.47. The molecule has 0 fully saturated rings. The summed E-state index contributed by atoms with van der Waals surface area (Å²) in [6, 6.07) is 12.4. The molecule has 0 bridgehead atoms. The van der Waals surface area contributed by atoms with Crippen molar-refractivity contribution in [3.63, 3.8) is 0 Å². The van der Waals surface area contributed by atoms with Gasteiger partial charge in [0.15, 0.2) is 0 Å². The Morgan fingerprint density at radius 2 is 1.88 bits per heavy atom. The molecule has 136 valence electrons. The van der Waals surface area contributed by atoms with Gasteiger partial charge in [0.2, 0.25) is 5.13 Å². The molecule has 0 atom stereocenters. The van der Waals surface area contributed by atoms with Crippen molar-refractivity contribution in [2.45, 2.75) is 0 Å². The molecule has 3 rings (SSSR count). The standard InChI is InChI=1S/C18H17N3O3S.BrH/c1-23-15-7-8-17(24-2)13(9-15)10-19-21-18-20-16(11-25-18)12-3-5-14(22)6-4-12;/h3-11,22H,1-2H3,(H,20,21);1H/b19-10+;. The van der Waals surface area contributed by atoms with Crippen LogP contribution >= 0.6 is 28.3 Å². The first-order valence-electron chi connectivity index (χ1n) is 7.45. The second-order valence-corrected chi connectivity index (χ2v) is 5.92. The Morgan fingerprint density at radius 1 is 1.12 bits per heavy atom. The number of aromatic nitrogens is 1. The van der Waals surface area contributed by atoms with Gasteiger partial charge in [0.1, 0.15) is 17.2 Å². The van der Waals surface area contributed by atoms with Gasteiger partial charge in [0, 0.05) is 16.5 Å². The van der Waals surface area contributed by atoms with Crippen LogP contribution in [0, 0.1) is 0 Å². The van der Waals surface area contributed by atoms with Crippen molar-refractivity contribution in [2.75, 3.05) is 19.6 Å². The third kappa shape index (κ3) is 4.74. The minimum Gasteiger partial charge on any atom is -0.508 e. The lowest BCUT2D eigenvalue weighted by molar-refractivity contribution is 0.402. The van der Waals surface area contributed by atoms with Crippen LogP contribution in [0.15, 0.2) is 52.9 Å². The van der Waals surface area contributed by atoms with Gasteiger partial charge in [-0.15, -0.1) is 28.3 Å². The number of methoxy groups -OCH3 is 2. The topological polar surface area (TPSA) is 76.0 Å². The molecule has 0 aliphatic carbocycles. The Bertz CT molecular complexity index is 882. The van der Waals surface area contributed by atoms with Gasteiger partial charge >= 0.3 is 0 Å². The normalized spacial score (nSPS) is 10.4. The molecular weight excluding hydrogens is 418 g/mol. The van der Waals surface area contributed by atoms with Crippen LogP contribution in [0.1, 0.15) is 5.56 Å². The van der Waals surface area contributed by atoms with E-state index in [4.69, 9.17) is 9.47 Å². The molecule has 2 aromatic carbocycles. The van der Waals surface area contributed by atoms with E-state index >= 15 is 0 Å². The fraction of sp³-hybridized carbons (Fsp3) is 0.111. The predicted molar refractivity (Wildman–Crippen MR) is 110 cm³/mol. The van der Waals surface area contributed by atoms with Gasteiger partial charge in [-0.2, -0.15) is 5.10 Å². The van der Waals surface area contributed by atoms with Crippen molar-refractivity contribution in [3.05, 3.63) is 53.4 Å². The molecule has 8 heteroatoms. The Morgan fingerprint density at radius 3 is 2.58 bits per heavy atom. The van der Waals surface area contributed by atoms with Crippen LogP contribution in [0.5, 0.6) is 17.2 Å². The molecule has 3 aromatic rings. The lowest BCUT2D eigenvalue weighted by Gasteiger charge is -2.06. The van der Waals surface area contributed by atoms with Crippen molar-refractivity contribution >= 4 is 39.7 Å². The Labute approximate surface area is 165 Å². The number of ether oxygens (including phenoxy) is 2. The molecule has 0 radical (unpaired) electrons. The molecule has 26 heavy (non-hydrogen) atoms. The summed E-state index contributed by atoms with van der Waals surface area (Å²) in [5.74, 6) is 1.66. The Hall–Kier alpha value is -2.58. The number of nitrogens with one attached hydrogen (secondary N) is 1. The van der Waals surface area contributed by atoms with Crippen LogP contribution in [0.4, 0.5) is 5.13 Å². The van der Waals surface area contributed by atoms with Crippen LogP contribution < -0.4 is 14.9 Å². The molecule has 0 spiro atoms. The molecule has 0 aliphatic rings. The van der Waals surface area contributed by atoms with Crippen molar-refractivity contribution in [1.29, 1.82) is 0 Å². The van der Waals surface area contributed by atoms with Gasteiger partial charge in [0.25, 0.3) is 0 Å². The van der Waals surface area contributed by atoms with Gasteiger partial charge in [-0.1, -0.05) is 0 Å². The molecule has 0 saturated heterocycles. The van der Waals surface area contributed by atoms with Crippen molar-refractivity contribution in [2.24, 2.45) is 5.10 Å². The van der Waals surface area contributed by atoms with Gasteiger partial charge in [-0.25, -0.2) is 4.98 Å². The number of benzene rings is 2. The molecule has 2 N–H and O–H groups in total. The summed E-state index contributed by atoms with van der Waals surface area (Å²) in [7, 11) is 3.22. The van der Waals surface area contributed by atoms with E-state index in [1.807, 2.05) is 35.7 Å². The maximum Gasteiger partial charge on any atom is 0.203 e. The summed E-state index contributed by atoms with van der Waals surface area (Å²) in [5.41, 5.74) is 5.46. The maximum absolute atomic E-state index is 9.34. The number of phenols is 1. The van der Waals surface area contributed by atoms with Crippen LogP contribution in [-0.2, 0) is 0 Å². The molecule has 0 aliphatic heterocycles. The predicted octanol–water partition coefficient (Wildman–Crippen LogP) is 4.56. The summed E-state index contributed by atoms with van der Waals surface area (Å²) in [4.78, 5) is 4.47. The number of anilines is 1. The first-order chi connectivity index (χ1) is 12.2. The number of rotatable bonds is 6. The largest absolute Gasteiger partial charge is 0.508 e. The van der Waals surface area contributed by atoms with E-state index in [2.05, 4.69) is 15.5 Å². The number of nitrogens with zero attached hydrogens (tertiary/aromatic N) is 2. The maximum atomic E-state index is 9.34. The fourth-order valence-electron chi connectivity index (χ4n) is 2.19. The summed E-state index contributed by atoms with van der Waals surface area (Å²) in [6.07, 6.45) is 1.66. The molecule has 0 amide bonds. The number of thiazole rings is 1. The zero-order valence-electron chi connectivity index (χ0n) is 14.2. The highest BCUT2D eigenvalue weighted by atomic mass is 79.9.